The third-order valence-electron chi connectivity index (χ3n) is 2.98. The van der Waals surface area contributed by atoms with E-state index in [-0.39, 0.29) is 6.04 Å². The van der Waals surface area contributed by atoms with E-state index in [9.17, 15) is 0 Å². The lowest BCUT2D eigenvalue weighted by Gasteiger charge is -2.16. The molecule has 0 radical (unpaired) electrons. The van der Waals surface area contributed by atoms with Crippen LogP contribution in [0.2, 0.25) is 0 Å². The van der Waals surface area contributed by atoms with Crippen LogP contribution in [-0.2, 0) is 13.5 Å². The second-order valence-electron chi connectivity index (χ2n) is 4.26. The molecule has 0 aliphatic rings. The summed E-state index contributed by atoms with van der Waals surface area (Å²) < 4.78 is 1.82. The van der Waals surface area contributed by atoms with Gasteiger partial charge in [-0.25, -0.2) is 4.98 Å². The summed E-state index contributed by atoms with van der Waals surface area (Å²) in [7, 11) is 3.90. The van der Waals surface area contributed by atoms with E-state index in [1.807, 2.05) is 18.8 Å². The number of benzene rings is 1. The fraction of sp³-hybridized carbons (Fsp3) is 0.385. The fourth-order valence-electron chi connectivity index (χ4n) is 1.96. The highest BCUT2D eigenvalue weighted by atomic mass is 15.3. The molecule has 0 spiro atoms. The van der Waals surface area contributed by atoms with E-state index < -0.39 is 0 Å². The average molecular weight is 230 g/mol. The number of aryl methyl sites for hydroxylation is 2. The van der Waals surface area contributed by atoms with Gasteiger partial charge in [-0.15, -0.1) is 0 Å². The quantitative estimate of drug-likeness (QED) is 0.868. The van der Waals surface area contributed by atoms with Crippen LogP contribution >= 0.6 is 0 Å². The van der Waals surface area contributed by atoms with Crippen molar-refractivity contribution in [2.24, 2.45) is 7.05 Å². The minimum atomic E-state index is 0.276. The Bertz CT molecular complexity index is 490. The van der Waals surface area contributed by atoms with Gasteiger partial charge in [0.1, 0.15) is 12.2 Å². The molecule has 0 fully saturated rings. The van der Waals surface area contributed by atoms with Crippen LogP contribution in [0, 0.1) is 6.92 Å². The molecule has 1 aromatic carbocycles. The third kappa shape index (κ3) is 2.71. The zero-order chi connectivity index (χ0) is 12.3. The number of hydrogen-bond acceptors (Lipinski definition) is 3. The normalized spacial score (nSPS) is 12.6. The Morgan fingerprint density at radius 2 is 2.24 bits per heavy atom. The summed E-state index contributed by atoms with van der Waals surface area (Å²) in [5.74, 6) is 0.992. The monoisotopic (exact) mass is 230 g/mol. The van der Waals surface area contributed by atoms with Crippen LogP contribution in [0.25, 0.3) is 0 Å². The molecule has 17 heavy (non-hydrogen) atoms. The maximum Gasteiger partial charge on any atom is 0.138 e. The summed E-state index contributed by atoms with van der Waals surface area (Å²) >= 11 is 0. The Hall–Kier alpha value is -1.68. The van der Waals surface area contributed by atoms with Crippen LogP contribution < -0.4 is 5.32 Å². The average Bonchev–Trinajstić information content (AvgIpc) is 2.71. The van der Waals surface area contributed by atoms with E-state index in [1.54, 1.807) is 6.33 Å². The molecule has 1 N–H and O–H groups in total. The van der Waals surface area contributed by atoms with Gasteiger partial charge < -0.3 is 5.32 Å². The van der Waals surface area contributed by atoms with Crippen molar-refractivity contribution in [1.82, 2.24) is 20.1 Å². The molecule has 0 aliphatic carbocycles. The first-order valence-electron chi connectivity index (χ1n) is 5.77. The van der Waals surface area contributed by atoms with Crippen molar-refractivity contribution in [3.8, 4) is 0 Å². The largest absolute Gasteiger partial charge is 0.313 e. The molecule has 0 amide bonds. The smallest absolute Gasteiger partial charge is 0.138 e. The van der Waals surface area contributed by atoms with Crippen molar-refractivity contribution in [1.29, 1.82) is 0 Å². The van der Waals surface area contributed by atoms with Gasteiger partial charge >= 0.3 is 0 Å². The van der Waals surface area contributed by atoms with Gasteiger partial charge in [0.2, 0.25) is 0 Å². The van der Waals surface area contributed by atoms with Gasteiger partial charge in [-0.1, -0.05) is 29.8 Å². The van der Waals surface area contributed by atoms with Gasteiger partial charge in [0.15, 0.2) is 0 Å². The van der Waals surface area contributed by atoms with E-state index in [0.29, 0.717) is 0 Å². The number of hydrogen-bond donors (Lipinski definition) is 1. The predicted molar refractivity (Wildman–Crippen MR) is 67.7 cm³/mol. The number of nitrogens with one attached hydrogen (secondary N) is 1. The van der Waals surface area contributed by atoms with Crippen molar-refractivity contribution in [2.75, 3.05) is 7.05 Å². The van der Waals surface area contributed by atoms with Crippen molar-refractivity contribution in [2.45, 2.75) is 19.4 Å². The maximum absolute atomic E-state index is 4.26. The molecule has 0 bridgehead atoms. The van der Waals surface area contributed by atoms with E-state index >= 15 is 0 Å². The molecule has 0 aliphatic heterocycles. The molecule has 1 atom stereocenters. The van der Waals surface area contributed by atoms with Gasteiger partial charge in [-0.2, -0.15) is 5.10 Å². The van der Waals surface area contributed by atoms with Gasteiger partial charge in [0.05, 0.1) is 0 Å². The van der Waals surface area contributed by atoms with Crippen molar-refractivity contribution in [3.63, 3.8) is 0 Å². The maximum atomic E-state index is 4.26. The lowest BCUT2D eigenvalue weighted by atomic mass is 10.0. The van der Waals surface area contributed by atoms with Crippen molar-refractivity contribution >= 4 is 0 Å². The number of rotatable bonds is 4. The second kappa shape index (κ2) is 5.10. The molecule has 0 saturated heterocycles. The highest BCUT2D eigenvalue weighted by Crippen LogP contribution is 2.17. The van der Waals surface area contributed by atoms with Crippen molar-refractivity contribution in [3.05, 3.63) is 47.5 Å². The van der Waals surface area contributed by atoms with Crippen LogP contribution in [0.15, 0.2) is 30.6 Å². The van der Waals surface area contributed by atoms with Crippen LogP contribution in [0.5, 0.6) is 0 Å². The molecule has 1 unspecified atom stereocenters. The summed E-state index contributed by atoms with van der Waals surface area (Å²) in [6, 6.07) is 8.82. The van der Waals surface area contributed by atoms with E-state index in [2.05, 4.69) is 46.6 Å². The van der Waals surface area contributed by atoms with E-state index in [4.69, 9.17) is 0 Å². The highest BCUT2D eigenvalue weighted by molar-refractivity contribution is 5.25. The number of likely N-dealkylation sites (N-methyl/N-ethyl adjacent to an activating group) is 1. The van der Waals surface area contributed by atoms with Gasteiger partial charge in [-0.3, -0.25) is 4.68 Å². The summed E-state index contributed by atoms with van der Waals surface area (Å²) in [6.45, 7) is 2.11. The minimum Gasteiger partial charge on any atom is -0.313 e. The summed E-state index contributed by atoms with van der Waals surface area (Å²) in [4.78, 5) is 4.26. The molecule has 2 aromatic rings. The zero-order valence-electron chi connectivity index (χ0n) is 10.5. The first-order valence-corrected chi connectivity index (χ1v) is 5.77. The lowest BCUT2D eigenvalue weighted by molar-refractivity contribution is 0.553. The molecule has 4 nitrogen and oxygen atoms in total. The first-order chi connectivity index (χ1) is 8.20. The van der Waals surface area contributed by atoms with Gasteiger partial charge in [-0.05, 0) is 19.5 Å². The molecule has 2 rings (SSSR count). The first kappa shape index (κ1) is 11.8. The van der Waals surface area contributed by atoms with Crippen LogP contribution in [0.4, 0.5) is 0 Å². The molecular weight excluding hydrogens is 212 g/mol. The fourth-order valence-corrected chi connectivity index (χ4v) is 1.96. The Morgan fingerprint density at radius 1 is 1.41 bits per heavy atom. The molecule has 1 aromatic heterocycles. The minimum absolute atomic E-state index is 0.276. The second-order valence-corrected chi connectivity index (χ2v) is 4.26. The standard InChI is InChI=1S/C13H18N4/c1-10-5-4-6-11(7-10)12(14-2)8-13-15-9-16-17(13)3/h4-7,9,12,14H,8H2,1-3H3. The van der Waals surface area contributed by atoms with Crippen LogP contribution in [0.3, 0.4) is 0 Å². The Morgan fingerprint density at radius 3 is 2.82 bits per heavy atom. The molecule has 90 valence electrons. The molecule has 4 heteroatoms. The zero-order valence-corrected chi connectivity index (χ0v) is 10.5. The number of nitrogens with zero attached hydrogens (tertiary/aromatic N) is 3. The predicted octanol–water partition coefficient (Wildman–Crippen LogP) is 1.63. The molecule has 1 heterocycles. The van der Waals surface area contributed by atoms with Crippen molar-refractivity contribution < 1.29 is 0 Å². The van der Waals surface area contributed by atoms with Crippen LogP contribution in [0.1, 0.15) is 23.0 Å². The van der Waals surface area contributed by atoms with Gasteiger partial charge in [0.25, 0.3) is 0 Å². The summed E-state index contributed by atoms with van der Waals surface area (Å²) in [5.41, 5.74) is 2.57. The van der Waals surface area contributed by atoms with E-state index in [1.165, 1.54) is 11.1 Å². The summed E-state index contributed by atoms with van der Waals surface area (Å²) in [6.07, 6.45) is 2.44. The molecular formula is C13H18N4. The van der Waals surface area contributed by atoms with Crippen LogP contribution in [-0.4, -0.2) is 21.8 Å². The summed E-state index contributed by atoms with van der Waals surface area (Å²) in [5, 5.41) is 7.42. The Labute approximate surface area is 102 Å². The topological polar surface area (TPSA) is 42.7 Å². The Balaban J connectivity index is 2.20. The van der Waals surface area contributed by atoms with Gasteiger partial charge in [0, 0.05) is 19.5 Å². The highest BCUT2D eigenvalue weighted by Gasteiger charge is 2.13. The molecule has 0 saturated carbocycles. The third-order valence-corrected chi connectivity index (χ3v) is 2.98. The SMILES string of the molecule is CNC(Cc1ncnn1C)c1cccc(C)c1. The Kier molecular flexibility index (Phi) is 3.54. The number of aromatic nitrogens is 3. The lowest BCUT2D eigenvalue weighted by Crippen LogP contribution is -2.20. The van der Waals surface area contributed by atoms with E-state index in [0.717, 1.165) is 12.2 Å².